The molecule has 2 fully saturated rings. The van der Waals surface area contributed by atoms with Gasteiger partial charge in [-0.3, -0.25) is 19.2 Å². The van der Waals surface area contributed by atoms with E-state index in [0.717, 1.165) is 36.3 Å². The molecule has 36 heavy (non-hydrogen) atoms. The molecule has 5 rings (SSSR count). The first kappa shape index (κ1) is 25.0. The molecule has 0 radical (unpaired) electrons. The first-order chi connectivity index (χ1) is 17.5. The van der Waals surface area contributed by atoms with Gasteiger partial charge in [0, 0.05) is 37.8 Å². The molecule has 0 spiro atoms. The van der Waals surface area contributed by atoms with Crippen molar-refractivity contribution < 1.29 is 14.3 Å². The van der Waals surface area contributed by atoms with Crippen LogP contribution < -0.4 is 15.8 Å². The first-order valence-corrected chi connectivity index (χ1v) is 12.8. The Morgan fingerprint density at radius 1 is 0.889 bits per heavy atom. The van der Waals surface area contributed by atoms with E-state index in [1.165, 1.54) is 0 Å². The van der Waals surface area contributed by atoms with E-state index in [1.807, 2.05) is 16.8 Å². The number of amides is 1. The van der Waals surface area contributed by atoms with E-state index in [-0.39, 0.29) is 17.5 Å². The molecule has 2 saturated heterocycles. The number of nitrogens with one attached hydrogen (secondary N) is 1. The van der Waals surface area contributed by atoms with Gasteiger partial charge in [0.05, 0.1) is 55.1 Å². The highest BCUT2D eigenvalue weighted by atomic mass is 35.5. The third kappa shape index (κ3) is 5.53. The highest BCUT2D eigenvalue weighted by molar-refractivity contribution is 6.42. The number of fused-ring (bicyclic) bond motifs is 1. The predicted molar refractivity (Wildman–Crippen MR) is 141 cm³/mol. The molecule has 0 aliphatic carbocycles. The van der Waals surface area contributed by atoms with Crippen LogP contribution in [0.2, 0.25) is 10.0 Å². The number of carbonyl (C=O) groups is 1. The molecule has 0 atom stereocenters. The Morgan fingerprint density at radius 2 is 1.58 bits per heavy atom. The largest absolute Gasteiger partial charge is 0.379 e. The van der Waals surface area contributed by atoms with Gasteiger partial charge in [0.25, 0.3) is 5.91 Å². The quantitative estimate of drug-likeness (QED) is 0.527. The van der Waals surface area contributed by atoms with Gasteiger partial charge < -0.3 is 19.8 Å². The van der Waals surface area contributed by atoms with Crippen molar-refractivity contribution in [3.8, 4) is 0 Å². The van der Waals surface area contributed by atoms with Crippen molar-refractivity contribution >= 4 is 40.0 Å². The minimum Gasteiger partial charge on any atom is -0.379 e. The number of aromatic nitrogens is 1. The molecule has 0 saturated carbocycles. The van der Waals surface area contributed by atoms with Crippen LogP contribution in [0.5, 0.6) is 0 Å². The Kier molecular flexibility index (Phi) is 7.79. The maximum Gasteiger partial charge on any atom is 0.257 e. The number of hydrogen-bond acceptors (Lipinski definition) is 6. The lowest BCUT2D eigenvalue weighted by atomic mass is 10.1. The van der Waals surface area contributed by atoms with E-state index in [4.69, 9.17) is 32.7 Å². The number of nitrogens with zero attached hydrogens (tertiary/aromatic N) is 3. The van der Waals surface area contributed by atoms with E-state index in [9.17, 15) is 9.59 Å². The molecule has 2 aromatic carbocycles. The molecular weight excluding hydrogens is 503 g/mol. The van der Waals surface area contributed by atoms with Gasteiger partial charge in [-0.25, -0.2) is 0 Å². The molecule has 3 heterocycles. The van der Waals surface area contributed by atoms with Crippen LogP contribution in [0.4, 0.5) is 0 Å². The van der Waals surface area contributed by atoms with E-state index in [1.54, 1.807) is 24.4 Å². The van der Waals surface area contributed by atoms with Crippen LogP contribution in [0, 0.1) is 0 Å². The standard InChI is InChI=1S/C26H28Cl2N4O4/c27-22-3-1-18(14-23(22)28)15-29-26(34)21-17-32(31-7-11-36-12-8-31)24-4-2-19(13-20(24)25(21)33)16-30-5-9-35-10-6-30/h1-4,13-14,17H,5-12,15-16H2,(H,29,34). The number of benzene rings is 2. The summed E-state index contributed by atoms with van der Waals surface area (Å²) in [5.74, 6) is -0.437. The molecular formula is C26H28Cl2N4O4. The fraction of sp³-hybridized carbons (Fsp3) is 0.385. The van der Waals surface area contributed by atoms with Crippen molar-refractivity contribution in [2.75, 3.05) is 57.6 Å². The summed E-state index contributed by atoms with van der Waals surface area (Å²) >= 11 is 12.1. The minimum atomic E-state index is -0.437. The highest BCUT2D eigenvalue weighted by Crippen LogP contribution is 2.23. The summed E-state index contributed by atoms with van der Waals surface area (Å²) in [4.78, 5) is 29.1. The van der Waals surface area contributed by atoms with Gasteiger partial charge in [0.15, 0.2) is 0 Å². The second-order valence-electron chi connectivity index (χ2n) is 8.95. The molecule has 190 valence electrons. The lowest BCUT2D eigenvalue weighted by Crippen LogP contribution is -2.45. The molecule has 3 aromatic rings. The summed E-state index contributed by atoms with van der Waals surface area (Å²) in [7, 11) is 0. The van der Waals surface area contributed by atoms with Crippen molar-refractivity contribution in [3.05, 3.63) is 79.6 Å². The van der Waals surface area contributed by atoms with Gasteiger partial charge in [-0.15, -0.1) is 0 Å². The van der Waals surface area contributed by atoms with Crippen LogP contribution in [0.1, 0.15) is 21.5 Å². The Bertz CT molecular complexity index is 1320. The lowest BCUT2D eigenvalue weighted by Gasteiger charge is -2.32. The lowest BCUT2D eigenvalue weighted by molar-refractivity contribution is 0.0342. The fourth-order valence-corrected chi connectivity index (χ4v) is 4.89. The molecule has 0 unspecified atom stereocenters. The Morgan fingerprint density at radius 3 is 2.31 bits per heavy atom. The summed E-state index contributed by atoms with van der Waals surface area (Å²) in [5, 5.41) is 6.34. The van der Waals surface area contributed by atoms with Crippen LogP contribution in [0.25, 0.3) is 10.9 Å². The topological polar surface area (TPSA) is 76.0 Å². The number of carbonyl (C=O) groups excluding carboxylic acids is 1. The fourth-order valence-electron chi connectivity index (χ4n) is 4.57. The van der Waals surface area contributed by atoms with E-state index >= 15 is 0 Å². The predicted octanol–water partition coefficient (Wildman–Crippen LogP) is 3.04. The highest BCUT2D eigenvalue weighted by Gasteiger charge is 2.20. The number of ether oxygens (including phenoxy) is 2. The minimum absolute atomic E-state index is 0.0950. The zero-order chi connectivity index (χ0) is 25.1. The Balaban J connectivity index is 1.48. The second kappa shape index (κ2) is 11.2. The molecule has 2 aliphatic heterocycles. The van der Waals surface area contributed by atoms with E-state index < -0.39 is 5.91 Å². The van der Waals surface area contributed by atoms with Gasteiger partial charge in [-0.05, 0) is 35.4 Å². The normalized spacial score (nSPS) is 16.9. The van der Waals surface area contributed by atoms with Crippen LogP contribution in [0.15, 0.2) is 47.4 Å². The summed E-state index contributed by atoms with van der Waals surface area (Å²) < 4.78 is 12.9. The number of rotatable bonds is 6. The van der Waals surface area contributed by atoms with Crippen molar-refractivity contribution in [2.45, 2.75) is 13.1 Å². The van der Waals surface area contributed by atoms with Crippen molar-refractivity contribution in [1.82, 2.24) is 14.9 Å². The van der Waals surface area contributed by atoms with Crippen molar-refractivity contribution in [2.24, 2.45) is 0 Å². The molecule has 0 bridgehead atoms. The van der Waals surface area contributed by atoms with Crippen LogP contribution in [-0.2, 0) is 22.6 Å². The van der Waals surface area contributed by atoms with Crippen LogP contribution in [-0.4, -0.2) is 68.1 Å². The Labute approximate surface area is 219 Å². The van der Waals surface area contributed by atoms with Crippen molar-refractivity contribution in [3.63, 3.8) is 0 Å². The zero-order valence-electron chi connectivity index (χ0n) is 19.8. The third-order valence-electron chi connectivity index (χ3n) is 6.53. The zero-order valence-corrected chi connectivity index (χ0v) is 21.4. The van der Waals surface area contributed by atoms with Crippen molar-refractivity contribution in [1.29, 1.82) is 0 Å². The second-order valence-corrected chi connectivity index (χ2v) is 9.77. The number of pyridine rings is 1. The maximum absolute atomic E-state index is 13.6. The van der Waals surface area contributed by atoms with E-state index in [0.29, 0.717) is 54.9 Å². The number of hydrogen-bond donors (Lipinski definition) is 1. The smallest absolute Gasteiger partial charge is 0.257 e. The van der Waals surface area contributed by atoms with Crippen LogP contribution in [0.3, 0.4) is 0 Å². The SMILES string of the molecule is O=C(NCc1ccc(Cl)c(Cl)c1)c1cn(N2CCOCC2)c2ccc(CN3CCOCC3)cc2c1=O. The van der Waals surface area contributed by atoms with Gasteiger partial charge in [0.2, 0.25) is 5.43 Å². The Hall–Kier alpha value is -2.62. The van der Waals surface area contributed by atoms with Gasteiger partial charge in [0.1, 0.15) is 5.56 Å². The van der Waals surface area contributed by atoms with E-state index in [2.05, 4.69) is 21.3 Å². The monoisotopic (exact) mass is 530 g/mol. The summed E-state index contributed by atoms with van der Waals surface area (Å²) in [6.07, 6.45) is 1.64. The summed E-state index contributed by atoms with van der Waals surface area (Å²) in [6, 6.07) is 11.1. The molecule has 10 heteroatoms. The average molecular weight is 531 g/mol. The van der Waals surface area contributed by atoms with Gasteiger partial charge >= 0.3 is 0 Å². The third-order valence-corrected chi connectivity index (χ3v) is 7.27. The molecule has 1 N–H and O–H groups in total. The van der Waals surface area contributed by atoms with Gasteiger partial charge in [-0.2, -0.15) is 0 Å². The molecule has 8 nitrogen and oxygen atoms in total. The molecule has 2 aliphatic rings. The van der Waals surface area contributed by atoms with Crippen LogP contribution >= 0.6 is 23.2 Å². The number of morpholine rings is 2. The molecule has 1 aromatic heterocycles. The average Bonchev–Trinajstić information content (AvgIpc) is 2.91. The summed E-state index contributed by atoms with van der Waals surface area (Å²) in [6.45, 7) is 6.58. The van der Waals surface area contributed by atoms with Gasteiger partial charge in [-0.1, -0.05) is 35.3 Å². The summed E-state index contributed by atoms with van der Waals surface area (Å²) in [5.41, 5.74) is 2.40. The molecule has 1 amide bonds. The number of halogens is 2. The first-order valence-electron chi connectivity index (χ1n) is 12.0. The maximum atomic E-state index is 13.6.